The fourth-order valence-corrected chi connectivity index (χ4v) is 5.03. The van der Waals surface area contributed by atoms with E-state index >= 15 is 0 Å². The Morgan fingerprint density at radius 3 is 2.41 bits per heavy atom. The maximum absolute atomic E-state index is 12.7. The van der Waals surface area contributed by atoms with E-state index in [9.17, 15) is 4.79 Å². The average molecular weight is 449 g/mol. The van der Waals surface area contributed by atoms with Crippen LogP contribution in [0, 0.1) is 0 Å². The predicted molar refractivity (Wildman–Crippen MR) is 119 cm³/mol. The standard InChI is InChI=1S/C21H22Cl2N4OS/c1-13(2)19-18(20(28)26-24-3)12-27(11-14-4-6-25-7-5-14)21(19)29-17-9-15(22)8-16(23)10-17/h4-10,12-13,24H,11H2,1-3H3,(H,26,28). The summed E-state index contributed by atoms with van der Waals surface area (Å²) in [6.45, 7) is 4.78. The fraction of sp³-hybridized carbons (Fsp3) is 0.238. The maximum atomic E-state index is 12.7. The molecule has 2 N–H and O–H groups in total. The molecule has 5 nitrogen and oxygen atoms in total. The van der Waals surface area contributed by atoms with Crippen molar-refractivity contribution in [3.05, 3.63) is 75.7 Å². The van der Waals surface area contributed by atoms with Crippen LogP contribution in [0.4, 0.5) is 0 Å². The Balaban J connectivity index is 2.11. The minimum absolute atomic E-state index is 0.142. The molecule has 29 heavy (non-hydrogen) atoms. The monoisotopic (exact) mass is 448 g/mol. The molecule has 0 aliphatic rings. The first-order valence-corrected chi connectivity index (χ1v) is 10.7. The highest BCUT2D eigenvalue weighted by atomic mass is 35.5. The quantitative estimate of drug-likeness (QED) is 0.476. The Labute approximate surface area is 184 Å². The summed E-state index contributed by atoms with van der Waals surface area (Å²) < 4.78 is 2.09. The smallest absolute Gasteiger partial charge is 0.267 e. The molecule has 0 aliphatic heterocycles. The van der Waals surface area contributed by atoms with Crippen LogP contribution in [-0.4, -0.2) is 22.5 Å². The second kappa shape index (κ2) is 9.67. The van der Waals surface area contributed by atoms with E-state index in [2.05, 4.69) is 34.3 Å². The van der Waals surface area contributed by atoms with E-state index in [1.54, 1.807) is 37.3 Å². The molecule has 0 bridgehead atoms. The molecule has 1 amide bonds. The van der Waals surface area contributed by atoms with Gasteiger partial charge < -0.3 is 4.57 Å². The zero-order valence-electron chi connectivity index (χ0n) is 16.4. The number of hydrogen-bond donors (Lipinski definition) is 2. The van der Waals surface area contributed by atoms with E-state index in [1.165, 1.54) is 0 Å². The number of pyridine rings is 1. The largest absolute Gasteiger partial charge is 0.337 e. The minimum atomic E-state index is -0.171. The van der Waals surface area contributed by atoms with E-state index in [0.29, 0.717) is 22.2 Å². The van der Waals surface area contributed by atoms with E-state index in [0.717, 1.165) is 21.0 Å². The normalized spacial score (nSPS) is 11.1. The van der Waals surface area contributed by atoms with Gasteiger partial charge in [-0.25, -0.2) is 5.43 Å². The zero-order chi connectivity index (χ0) is 21.0. The fourth-order valence-electron chi connectivity index (χ4n) is 3.09. The molecule has 0 saturated heterocycles. The molecule has 0 spiro atoms. The predicted octanol–water partition coefficient (Wildman–Crippen LogP) is 5.38. The van der Waals surface area contributed by atoms with Gasteiger partial charge in [0.1, 0.15) is 0 Å². The molecule has 152 valence electrons. The van der Waals surface area contributed by atoms with Crippen LogP contribution in [0.15, 0.2) is 58.8 Å². The number of hydrogen-bond acceptors (Lipinski definition) is 4. The Bertz CT molecular complexity index is 985. The molecule has 0 fully saturated rings. The highest BCUT2D eigenvalue weighted by Crippen LogP contribution is 2.39. The van der Waals surface area contributed by atoms with Crippen molar-refractivity contribution in [2.45, 2.75) is 36.2 Å². The SMILES string of the molecule is CNNC(=O)c1cn(Cc2ccncc2)c(Sc2cc(Cl)cc(Cl)c2)c1C(C)C. The number of carbonyl (C=O) groups is 1. The Hall–Kier alpha value is -1.99. The van der Waals surface area contributed by atoms with E-state index < -0.39 is 0 Å². The number of nitrogens with zero attached hydrogens (tertiary/aromatic N) is 2. The van der Waals surface area contributed by atoms with Gasteiger partial charge in [-0.05, 0) is 47.4 Å². The second-order valence-electron chi connectivity index (χ2n) is 6.81. The lowest BCUT2D eigenvalue weighted by atomic mass is 10.0. The molecular formula is C21H22Cl2N4OS. The number of halogens is 2. The third kappa shape index (κ3) is 5.34. The molecular weight excluding hydrogens is 427 g/mol. The molecule has 0 unspecified atom stereocenters. The molecule has 8 heteroatoms. The molecule has 3 aromatic rings. The summed E-state index contributed by atoms with van der Waals surface area (Å²) in [5.41, 5.74) is 8.11. The molecule has 2 heterocycles. The lowest BCUT2D eigenvalue weighted by Crippen LogP contribution is -2.34. The lowest BCUT2D eigenvalue weighted by Gasteiger charge is -2.14. The Kier molecular flexibility index (Phi) is 7.24. The first kappa shape index (κ1) is 21.7. The van der Waals surface area contributed by atoms with Crippen molar-refractivity contribution in [1.82, 2.24) is 20.4 Å². The van der Waals surface area contributed by atoms with Crippen molar-refractivity contribution in [1.29, 1.82) is 0 Å². The lowest BCUT2D eigenvalue weighted by molar-refractivity contribution is 0.0936. The van der Waals surface area contributed by atoms with Crippen molar-refractivity contribution in [3.8, 4) is 0 Å². The van der Waals surface area contributed by atoms with E-state index in [-0.39, 0.29) is 11.8 Å². The summed E-state index contributed by atoms with van der Waals surface area (Å²) in [5.74, 6) is -0.0286. The van der Waals surface area contributed by atoms with Crippen molar-refractivity contribution in [2.24, 2.45) is 0 Å². The van der Waals surface area contributed by atoms with Crippen molar-refractivity contribution < 1.29 is 4.79 Å². The van der Waals surface area contributed by atoms with Crippen LogP contribution >= 0.6 is 35.0 Å². The number of aromatic nitrogens is 2. The van der Waals surface area contributed by atoms with Gasteiger partial charge in [0, 0.05) is 47.1 Å². The van der Waals surface area contributed by atoms with Crippen LogP contribution in [-0.2, 0) is 6.54 Å². The van der Waals surface area contributed by atoms with Crippen LogP contribution in [0.25, 0.3) is 0 Å². The van der Waals surface area contributed by atoms with Gasteiger partial charge in [-0.1, -0.05) is 48.8 Å². The van der Waals surface area contributed by atoms with Gasteiger partial charge >= 0.3 is 0 Å². The van der Waals surface area contributed by atoms with E-state index in [4.69, 9.17) is 23.2 Å². The maximum Gasteiger partial charge on any atom is 0.267 e. The minimum Gasteiger partial charge on any atom is -0.337 e. The number of amides is 1. The Morgan fingerprint density at radius 2 is 1.83 bits per heavy atom. The third-order valence-electron chi connectivity index (χ3n) is 4.28. The van der Waals surface area contributed by atoms with Gasteiger partial charge in [-0.15, -0.1) is 0 Å². The highest BCUT2D eigenvalue weighted by molar-refractivity contribution is 7.99. The number of hydrazine groups is 1. The molecule has 0 aliphatic carbocycles. The first-order valence-electron chi connectivity index (χ1n) is 9.12. The highest BCUT2D eigenvalue weighted by Gasteiger charge is 2.24. The van der Waals surface area contributed by atoms with Gasteiger partial charge in [0.25, 0.3) is 5.91 Å². The summed E-state index contributed by atoms with van der Waals surface area (Å²) in [6, 6.07) is 9.39. The molecule has 0 saturated carbocycles. The molecule has 3 rings (SSSR count). The van der Waals surface area contributed by atoms with Gasteiger partial charge in [0.05, 0.1) is 10.6 Å². The summed E-state index contributed by atoms with van der Waals surface area (Å²) in [7, 11) is 1.67. The van der Waals surface area contributed by atoms with Crippen molar-refractivity contribution in [3.63, 3.8) is 0 Å². The van der Waals surface area contributed by atoms with Crippen LogP contribution < -0.4 is 10.9 Å². The topological polar surface area (TPSA) is 58.9 Å². The third-order valence-corrected chi connectivity index (χ3v) is 5.84. The van der Waals surface area contributed by atoms with Crippen molar-refractivity contribution >= 4 is 40.9 Å². The zero-order valence-corrected chi connectivity index (χ0v) is 18.7. The summed E-state index contributed by atoms with van der Waals surface area (Å²) in [6.07, 6.45) is 5.43. The number of carbonyl (C=O) groups excluding carboxylic acids is 1. The average Bonchev–Trinajstić information content (AvgIpc) is 3.00. The Morgan fingerprint density at radius 1 is 1.17 bits per heavy atom. The van der Waals surface area contributed by atoms with Crippen LogP contribution in [0.5, 0.6) is 0 Å². The van der Waals surface area contributed by atoms with E-state index in [1.807, 2.05) is 30.5 Å². The number of benzene rings is 1. The van der Waals surface area contributed by atoms with Crippen molar-refractivity contribution in [2.75, 3.05) is 7.05 Å². The van der Waals surface area contributed by atoms with Crippen LogP contribution in [0.2, 0.25) is 10.0 Å². The molecule has 0 atom stereocenters. The number of rotatable bonds is 7. The summed E-state index contributed by atoms with van der Waals surface area (Å²) >= 11 is 14.0. The van der Waals surface area contributed by atoms with Gasteiger partial charge in [-0.2, -0.15) is 0 Å². The second-order valence-corrected chi connectivity index (χ2v) is 8.75. The van der Waals surface area contributed by atoms with Gasteiger partial charge in [-0.3, -0.25) is 15.2 Å². The molecule has 0 radical (unpaired) electrons. The molecule has 1 aromatic carbocycles. The van der Waals surface area contributed by atoms with Gasteiger partial charge in [0.15, 0.2) is 0 Å². The van der Waals surface area contributed by atoms with Crippen LogP contribution in [0.3, 0.4) is 0 Å². The molecule has 2 aromatic heterocycles. The summed E-state index contributed by atoms with van der Waals surface area (Å²) in [4.78, 5) is 17.7. The summed E-state index contributed by atoms with van der Waals surface area (Å²) in [5, 5.41) is 2.13. The van der Waals surface area contributed by atoms with Gasteiger partial charge in [0.2, 0.25) is 0 Å². The first-order chi connectivity index (χ1) is 13.9. The van der Waals surface area contributed by atoms with Crippen LogP contribution in [0.1, 0.15) is 41.3 Å². The number of nitrogens with one attached hydrogen (secondary N) is 2.